The van der Waals surface area contributed by atoms with E-state index in [4.69, 9.17) is 0 Å². The Balaban J connectivity index is 1.12. The second-order valence-corrected chi connectivity index (χ2v) is 14.6. The van der Waals surface area contributed by atoms with Crippen molar-refractivity contribution in [3.05, 3.63) is 200 Å². The minimum Gasteiger partial charge on any atom is -0.309 e. The summed E-state index contributed by atoms with van der Waals surface area (Å²) >= 11 is 0. The molecule has 0 heterocycles. The lowest BCUT2D eigenvalue weighted by atomic mass is 9.88. The zero-order valence-corrected chi connectivity index (χ0v) is 29.9. The molecular formula is C53H35N. The number of hydrogen-bond acceptors (Lipinski definition) is 1. The highest BCUT2D eigenvalue weighted by Gasteiger charge is 2.22. The molecule has 0 fully saturated rings. The van der Waals surface area contributed by atoms with E-state index in [-0.39, 0.29) is 0 Å². The molecule has 11 rings (SSSR count). The zero-order chi connectivity index (χ0) is 35.8. The lowest BCUT2D eigenvalue weighted by Crippen LogP contribution is -2.11. The number of anilines is 3. The molecule has 0 bridgehead atoms. The Hall–Kier alpha value is -6.96. The van der Waals surface area contributed by atoms with Crippen LogP contribution in [0, 0.1) is 6.92 Å². The molecule has 0 aliphatic heterocycles. The lowest BCUT2D eigenvalue weighted by molar-refractivity contribution is 1.30. The van der Waals surface area contributed by atoms with Gasteiger partial charge in [0.15, 0.2) is 0 Å². The topological polar surface area (TPSA) is 3.24 Å². The van der Waals surface area contributed by atoms with E-state index in [2.05, 4.69) is 206 Å². The van der Waals surface area contributed by atoms with Crippen molar-refractivity contribution in [1.29, 1.82) is 0 Å². The first-order chi connectivity index (χ1) is 26.7. The van der Waals surface area contributed by atoms with Gasteiger partial charge < -0.3 is 4.90 Å². The Morgan fingerprint density at radius 3 is 1.56 bits per heavy atom. The second kappa shape index (κ2) is 12.0. The molecule has 0 aliphatic carbocycles. The predicted octanol–water partition coefficient (Wildman–Crippen LogP) is 15.2. The summed E-state index contributed by atoms with van der Waals surface area (Å²) in [5, 5.41) is 15.2. The van der Waals surface area contributed by atoms with Gasteiger partial charge in [-0.3, -0.25) is 0 Å². The van der Waals surface area contributed by atoms with E-state index in [0.717, 1.165) is 11.4 Å². The number of benzene rings is 11. The molecule has 0 N–H and O–H groups in total. The van der Waals surface area contributed by atoms with Crippen molar-refractivity contribution in [1.82, 2.24) is 0 Å². The van der Waals surface area contributed by atoms with Crippen LogP contribution in [0.15, 0.2) is 194 Å². The molecule has 0 aromatic heterocycles. The van der Waals surface area contributed by atoms with E-state index in [1.165, 1.54) is 98.1 Å². The molecular weight excluding hydrogens is 651 g/mol. The van der Waals surface area contributed by atoms with Gasteiger partial charge in [-0.2, -0.15) is 0 Å². The smallest absolute Gasteiger partial charge is 0.0618 e. The van der Waals surface area contributed by atoms with Gasteiger partial charge in [0.2, 0.25) is 0 Å². The fourth-order valence-electron chi connectivity index (χ4n) is 8.88. The first kappa shape index (κ1) is 30.6. The zero-order valence-electron chi connectivity index (χ0n) is 29.9. The monoisotopic (exact) mass is 685 g/mol. The summed E-state index contributed by atoms with van der Waals surface area (Å²) in [6.07, 6.45) is 0. The molecule has 252 valence electrons. The van der Waals surface area contributed by atoms with Crippen LogP contribution in [-0.4, -0.2) is 0 Å². The Bertz CT molecular complexity index is 3140. The highest BCUT2D eigenvalue weighted by Crippen LogP contribution is 2.49. The number of aryl methyl sites for hydroxylation is 1. The van der Waals surface area contributed by atoms with Crippen LogP contribution in [0.25, 0.3) is 86.9 Å². The molecule has 0 spiro atoms. The standard InChI is InChI=1S/C53H35N/c1-34-17-28-42(29-18-34)54(43-30-25-35-9-2-3-10-41(35)33-43)53-48-15-6-4-13-45(48)51(46-14-5-7-16-49(46)53)39-21-19-36(20-22-39)44-31-26-40-24-23-37-11-8-12-38-27-32-47(44)52(40)50(37)38/h2-33H,1H3. The molecule has 0 unspecified atom stereocenters. The van der Waals surface area contributed by atoms with E-state index in [1.54, 1.807) is 0 Å². The molecule has 11 aromatic rings. The van der Waals surface area contributed by atoms with E-state index >= 15 is 0 Å². The van der Waals surface area contributed by atoms with Gasteiger partial charge in [-0.05, 0) is 107 Å². The molecule has 0 amide bonds. The normalized spacial score (nSPS) is 11.8. The summed E-state index contributed by atoms with van der Waals surface area (Å²) in [5.74, 6) is 0. The second-order valence-electron chi connectivity index (χ2n) is 14.6. The third-order valence-corrected chi connectivity index (χ3v) is 11.4. The van der Waals surface area contributed by atoms with Crippen LogP contribution in [0.4, 0.5) is 17.1 Å². The first-order valence-electron chi connectivity index (χ1n) is 18.8. The molecule has 0 aliphatic rings. The molecule has 54 heavy (non-hydrogen) atoms. The van der Waals surface area contributed by atoms with E-state index in [0.29, 0.717) is 0 Å². The van der Waals surface area contributed by atoms with Crippen molar-refractivity contribution in [3.63, 3.8) is 0 Å². The maximum Gasteiger partial charge on any atom is 0.0618 e. The third kappa shape index (κ3) is 4.72. The molecule has 0 saturated carbocycles. The van der Waals surface area contributed by atoms with Crippen molar-refractivity contribution in [2.24, 2.45) is 0 Å². The van der Waals surface area contributed by atoms with Gasteiger partial charge in [-0.15, -0.1) is 0 Å². The summed E-state index contributed by atoms with van der Waals surface area (Å²) in [6.45, 7) is 2.15. The predicted molar refractivity (Wildman–Crippen MR) is 233 cm³/mol. The van der Waals surface area contributed by atoms with Crippen molar-refractivity contribution < 1.29 is 0 Å². The molecule has 1 heteroatoms. The minimum atomic E-state index is 1.14. The van der Waals surface area contributed by atoms with Crippen LogP contribution >= 0.6 is 0 Å². The van der Waals surface area contributed by atoms with Crippen molar-refractivity contribution in [2.45, 2.75) is 6.92 Å². The average molecular weight is 686 g/mol. The van der Waals surface area contributed by atoms with Crippen LogP contribution in [0.5, 0.6) is 0 Å². The van der Waals surface area contributed by atoms with Crippen molar-refractivity contribution >= 4 is 81.7 Å². The fourth-order valence-corrected chi connectivity index (χ4v) is 8.88. The number of fused-ring (bicyclic) bond motifs is 3. The first-order valence-corrected chi connectivity index (χ1v) is 18.8. The summed E-state index contributed by atoms with van der Waals surface area (Å²) in [5.41, 5.74) is 9.67. The Labute approximate surface area is 314 Å². The maximum absolute atomic E-state index is 2.46. The Kier molecular flexibility index (Phi) is 6.84. The van der Waals surface area contributed by atoms with Gasteiger partial charge in [-0.25, -0.2) is 0 Å². The summed E-state index contributed by atoms with van der Waals surface area (Å²) in [6, 6.07) is 71.8. The van der Waals surface area contributed by atoms with Crippen LogP contribution in [0.2, 0.25) is 0 Å². The molecule has 0 atom stereocenters. The van der Waals surface area contributed by atoms with E-state index in [9.17, 15) is 0 Å². The largest absolute Gasteiger partial charge is 0.309 e. The number of hydrogen-bond donors (Lipinski definition) is 0. The Morgan fingerprint density at radius 1 is 0.333 bits per heavy atom. The third-order valence-electron chi connectivity index (χ3n) is 11.4. The van der Waals surface area contributed by atoms with Crippen molar-refractivity contribution in [3.8, 4) is 22.3 Å². The van der Waals surface area contributed by atoms with Crippen molar-refractivity contribution in [2.75, 3.05) is 4.90 Å². The van der Waals surface area contributed by atoms with Gasteiger partial charge in [0.1, 0.15) is 0 Å². The fraction of sp³-hybridized carbons (Fsp3) is 0.0189. The number of nitrogens with zero attached hydrogens (tertiary/aromatic N) is 1. The van der Waals surface area contributed by atoms with Crippen LogP contribution in [-0.2, 0) is 0 Å². The van der Waals surface area contributed by atoms with Gasteiger partial charge in [0.05, 0.1) is 5.69 Å². The molecule has 0 saturated heterocycles. The average Bonchev–Trinajstić information content (AvgIpc) is 3.23. The summed E-state index contributed by atoms with van der Waals surface area (Å²) in [7, 11) is 0. The summed E-state index contributed by atoms with van der Waals surface area (Å²) < 4.78 is 0. The lowest BCUT2D eigenvalue weighted by Gasteiger charge is -2.30. The van der Waals surface area contributed by atoms with Gasteiger partial charge in [0.25, 0.3) is 0 Å². The van der Waals surface area contributed by atoms with Gasteiger partial charge in [-0.1, -0.05) is 175 Å². The number of rotatable bonds is 5. The SMILES string of the molecule is Cc1ccc(N(c2ccc3ccccc3c2)c2c3ccccc3c(-c3ccc(-c4ccc5ccc6cccc7ccc4c5c67)cc3)c3ccccc23)cc1. The highest BCUT2D eigenvalue weighted by molar-refractivity contribution is 6.26. The molecule has 11 aromatic carbocycles. The van der Waals surface area contributed by atoms with Gasteiger partial charge in [0, 0.05) is 22.1 Å². The quantitative estimate of drug-likeness (QED) is 0.129. The molecule has 1 nitrogen and oxygen atoms in total. The Morgan fingerprint density at radius 2 is 0.852 bits per heavy atom. The van der Waals surface area contributed by atoms with Crippen LogP contribution < -0.4 is 4.90 Å². The molecule has 0 radical (unpaired) electrons. The van der Waals surface area contributed by atoms with Crippen LogP contribution in [0.3, 0.4) is 0 Å². The van der Waals surface area contributed by atoms with Crippen LogP contribution in [0.1, 0.15) is 5.56 Å². The van der Waals surface area contributed by atoms with E-state index in [1.807, 2.05) is 0 Å². The van der Waals surface area contributed by atoms with Gasteiger partial charge >= 0.3 is 0 Å². The maximum atomic E-state index is 2.46. The highest BCUT2D eigenvalue weighted by atomic mass is 15.1. The summed E-state index contributed by atoms with van der Waals surface area (Å²) in [4.78, 5) is 2.46. The minimum absolute atomic E-state index is 1.14. The van der Waals surface area contributed by atoms with E-state index < -0.39 is 0 Å².